The number of nitrogens with zero attached hydrogens (tertiary/aromatic N) is 1. The summed E-state index contributed by atoms with van der Waals surface area (Å²) >= 11 is 12.0. The number of halogens is 2. The molecule has 0 spiro atoms. The maximum atomic E-state index is 11.9. The second kappa shape index (κ2) is 4.41. The van der Waals surface area contributed by atoms with Gasteiger partial charge in [0.2, 0.25) is 5.91 Å². The molecule has 0 N–H and O–H groups in total. The lowest BCUT2D eigenvalue weighted by molar-refractivity contribution is -0.183. The molecule has 2 saturated heterocycles. The fraction of sp³-hybridized carbons (Fsp3) is 0.462. The van der Waals surface area contributed by atoms with Gasteiger partial charge in [0.25, 0.3) is 0 Å². The van der Waals surface area contributed by atoms with E-state index in [1.807, 2.05) is 11.0 Å². The molecule has 0 unspecified atom stereocenters. The van der Waals surface area contributed by atoms with Crippen LogP contribution in [-0.4, -0.2) is 24.0 Å². The minimum Gasteiger partial charge on any atom is -0.351 e. The average Bonchev–Trinajstić information content (AvgIpc) is 2.72. The van der Waals surface area contributed by atoms with Crippen molar-refractivity contribution in [3.8, 4) is 0 Å². The van der Waals surface area contributed by atoms with Crippen LogP contribution in [0.15, 0.2) is 18.2 Å². The van der Waals surface area contributed by atoms with Crippen molar-refractivity contribution in [1.29, 1.82) is 0 Å². The zero-order valence-electron chi connectivity index (χ0n) is 9.79. The van der Waals surface area contributed by atoms with Crippen LogP contribution < -0.4 is 0 Å². The summed E-state index contributed by atoms with van der Waals surface area (Å²) in [7, 11) is 0. The molecule has 0 radical (unpaired) electrons. The molecular formula is C13H13Cl2NO2. The molecule has 1 aromatic carbocycles. The van der Waals surface area contributed by atoms with E-state index in [1.165, 1.54) is 0 Å². The number of ether oxygens (including phenoxy) is 1. The first-order valence-corrected chi connectivity index (χ1v) is 6.79. The Balaban J connectivity index is 2.06. The maximum Gasteiger partial charge on any atom is 0.225 e. The summed E-state index contributed by atoms with van der Waals surface area (Å²) in [5.41, 5.74) is 0.297. The fourth-order valence-electron chi connectivity index (χ4n) is 2.79. The molecule has 0 aromatic heterocycles. The zero-order chi connectivity index (χ0) is 12.8. The van der Waals surface area contributed by atoms with E-state index in [-0.39, 0.29) is 5.91 Å². The molecule has 0 aliphatic carbocycles. The van der Waals surface area contributed by atoms with Crippen LogP contribution in [0.1, 0.15) is 24.8 Å². The number of rotatable bonds is 1. The third-order valence-electron chi connectivity index (χ3n) is 3.65. The summed E-state index contributed by atoms with van der Waals surface area (Å²) in [6.45, 7) is 1.42. The third-order valence-corrected chi connectivity index (χ3v) is 4.39. The first kappa shape index (κ1) is 12.3. The summed E-state index contributed by atoms with van der Waals surface area (Å²) in [4.78, 5) is 13.8. The Morgan fingerprint density at radius 3 is 2.89 bits per heavy atom. The molecule has 1 atom stereocenters. The van der Waals surface area contributed by atoms with Crippen molar-refractivity contribution in [2.24, 2.45) is 0 Å². The summed E-state index contributed by atoms with van der Waals surface area (Å²) in [6, 6.07) is 5.46. The van der Waals surface area contributed by atoms with Crippen LogP contribution in [-0.2, 0) is 15.3 Å². The van der Waals surface area contributed by atoms with Gasteiger partial charge in [-0.3, -0.25) is 4.79 Å². The van der Waals surface area contributed by atoms with E-state index in [0.717, 1.165) is 18.5 Å². The van der Waals surface area contributed by atoms with E-state index < -0.39 is 5.72 Å². The van der Waals surface area contributed by atoms with E-state index in [2.05, 4.69) is 0 Å². The lowest BCUT2D eigenvalue weighted by Gasteiger charge is -2.42. The Morgan fingerprint density at radius 1 is 1.28 bits per heavy atom. The molecule has 5 heteroatoms. The Hall–Kier alpha value is -0.770. The van der Waals surface area contributed by atoms with Crippen LogP contribution in [0.25, 0.3) is 0 Å². The summed E-state index contributed by atoms with van der Waals surface area (Å²) < 4.78 is 5.94. The first-order chi connectivity index (χ1) is 8.63. The van der Waals surface area contributed by atoms with Crippen molar-refractivity contribution in [2.75, 3.05) is 13.2 Å². The molecule has 2 fully saturated rings. The van der Waals surface area contributed by atoms with Gasteiger partial charge in [-0.1, -0.05) is 29.3 Å². The van der Waals surface area contributed by atoms with Gasteiger partial charge in [-0.15, -0.1) is 0 Å². The quantitative estimate of drug-likeness (QED) is 0.793. The highest BCUT2D eigenvalue weighted by atomic mass is 35.5. The molecule has 18 heavy (non-hydrogen) atoms. The second-order valence-electron chi connectivity index (χ2n) is 4.66. The topological polar surface area (TPSA) is 29.5 Å². The van der Waals surface area contributed by atoms with Crippen molar-refractivity contribution in [2.45, 2.75) is 25.0 Å². The van der Waals surface area contributed by atoms with Gasteiger partial charge in [-0.2, -0.15) is 0 Å². The number of fused-ring (bicyclic) bond motifs is 1. The van der Waals surface area contributed by atoms with Crippen LogP contribution in [0.5, 0.6) is 0 Å². The molecule has 3 nitrogen and oxygen atoms in total. The van der Waals surface area contributed by atoms with Crippen molar-refractivity contribution in [3.05, 3.63) is 33.8 Å². The van der Waals surface area contributed by atoms with Gasteiger partial charge in [0.05, 0.1) is 16.7 Å². The maximum absolute atomic E-state index is 11.9. The van der Waals surface area contributed by atoms with Crippen LogP contribution >= 0.6 is 23.2 Å². The zero-order valence-corrected chi connectivity index (χ0v) is 11.3. The Bertz CT molecular complexity index is 506. The molecule has 0 bridgehead atoms. The number of hydrogen-bond acceptors (Lipinski definition) is 2. The van der Waals surface area contributed by atoms with E-state index in [0.29, 0.717) is 29.5 Å². The largest absolute Gasteiger partial charge is 0.351 e. The molecule has 1 aromatic rings. The molecule has 2 aliphatic rings. The highest BCUT2D eigenvalue weighted by Crippen LogP contribution is 2.44. The van der Waals surface area contributed by atoms with Crippen molar-refractivity contribution in [1.82, 2.24) is 4.90 Å². The van der Waals surface area contributed by atoms with Gasteiger partial charge in [0.1, 0.15) is 0 Å². The van der Waals surface area contributed by atoms with Crippen LogP contribution in [0, 0.1) is 0 Å². The Labute approximate surface area is 116 Å². The molecule has 96 valence electrons. The highest BCUT2D eigenvalue weighted by Gasteiger charge is 2.49. The molecule has 0 saturated carbocycles. The number of hydrogen-bond donors (Lipinski definition) is 0. The van der Waals surface area contributed by atoms with Gasteiger partial charge < -0.3 is 9.64 Å². The highest BCUT2D eigenvalue weighted by molar-refractivity contribution is 6.42. The van der Waals surface area contributed by atoms with E-state index in [1.54, 1.807) is 12.1 Å². The lowest BCUT2D eigenvalue weighted by Crippen LogP contribution is -2.49. The first-order valence-electron chi connectivity index (χ1n) is 6.03. The lowest BCUT2D eigenvalue weighted by atomic mass is 9.98. The predicted molar refractivity (Wildman–Crippen MR) is 69.7 cm³/mol. The molecule has 1 amide bonds. The number of carbonyl (C=O) groups is 1. The van der Waals surface area contributed by atoms with Gasteiger partial charge in [-0.05, 0) is 18.6 Å². The summed E-state index contributed by atoms with van der Waals surface area (Å²) in [6.07, 6.45) is 2.10. The SMILES string of the molecule is O=C1CC[C@@]2(c3ccc(Cl)c(Cl)c3)OCCCN12. The third kappa shape index (κ3) is 1.73. The molecule has 2 aliphatic heterocycles. The van der Waals surface area contributed by atoms with Crippen LogP contribution in [0.4, 0.5) is 0 Å². The minimum atomic E-state index is -0.621. The van der Waals surface area contributed by atoms with Crippen LogP contribution in [0.2, 0.25) is 10.0 Å². The monoisotopic (exact) mass is 285 g/mol. The van der Waals surface area contributed by atoms with Gasteiger partial charge >= 0.3 is 0 Å². The second-order valence-corrected chi connectivity index (χ2v) is 5.48. The summed E-state index contributed by atoms with van der Waals surface area (Å²) in [5, 5.41) is 1.01. The standard InChI is InChI=1S/C13H13Cl2NO2/c14-10-3-2-9(8-11(10)15)13-5-4-12(17)16(13)6-1-7-18-13/h2-3,8H,1,4-7H2/t13-/m0/s1. The van der Waals surface area contributed by atoms with Gasteiger partial charge in [0, 0.05) is 24.9 Å². The van der Waals surface area contributed by atoms with Crippen molar-refractivity contribution in [3.63, 3.8) is 0 Å². The van der Waals surface area contributed by atoms with Gasteiger partial charge in [0.15, 0.2) is 5.72 Å². The molecular weight excluding hydrogens is 273 g/mol. The smallest absolute Gasteiger partial charge is 0.225 e. The number of amides is 1. The fourth-order valence-corrected chi connectivity index (χ4v) is 3.09. The van der Waals surface area contributed by atoms with Crippen molar-refractivity contribution < 1.29 is 9.53 Å². The van der Waals surface area contributed by atoms with E-state index in [9.17, 15) is 4.79 Å². The number of benzene rings is 1. The Morgan fingerprint density at radius 2 is 2.11 bits per heavy atom. The van der Waals surface area contributed by atoms with Gasteiger partial charge in [-0.25, -0.2) is 0 Å². The normalized spacial score (nSPS) is 27.4. The van der Waals surface area contributed by atoms with Crippen LogP contribution in [0.3, 0.4) is 0 Å². The number of carbonyl (C=O) groups excluding carboxylic acids is 1. The van der Waals surface area contributed by atoms with E-state index in [4.69, 9.17) is 27.9 Å². The average molecular weight is 286 g/mol. The minimum absolute atomic E-state index is 0.153. The molecule has 3 rings (SSSR count). The van der Waals surface area contributed by atoms with E-state index >= 15 is 0 Å². The summed E-state index contributed by atoms with van der Waals surface area (Å²) in [5.74, 6) is 0.153. The van der Waals surface area contributed by atoms with Crippen molar-refractivity contribution >= 4 is 29.1 Å². The predicted octanol–water partition coefficient (Wildman–Crippen LogP) is 3.19. The Kier molecular flexibility index (Phi) is 3.00. The molecule has 2 heterocycles.